The van der Waals surface area contributed by atoms with E-state index in [2.05, 4.69) is 44.5 Å². The summed E-state index contributed by atoms with van der Waals surface area (Å²) in [5.41, 5.74) is 3.58. The van der Waals surface area contributed by atoms with Gasteiger partial charge in [-0.2, -0.15) is 0 Å². The Morgan fingerprint density at radius 3 is 2.68 bits per heavy atom. The molecule has 1 aromatic heterocycles. The number of rotatable bonds is 5. The second-order valence-corrected chi connectivity index (χ2v) is 8.59. The maximum absolute atomic E-state index is 12.5. The van der Waals surface area contributed by atoms with E-state index in [-0.39, 0.29) is 17.9 Å². The van der Waals surface area contributed by atoms with Gasteiger partial charge in [0.2, 0.25) is 0 Å². The van der Waals surface area contributed by atoms with E-state index in [0.717, 1.165) is 25.2 Å². The van der Waals surface area contributed by atoms with E-state index in [9.17, 15) is 9.90 Å². The molecule has 6 nitrogen and oxygen atoms in total. The fraction of sp³-hybridized carbons (Fsp3) is 0.500. The number of hydrogen-bond acceptors (Lipinski definition) is 5. The van der Waals surface area contributed by atoms with E-state index in [1.807, 2.05) is 27.7 Å². The zero-order valence-corrected chi connectivity index (χ0v) is 17.2. The van der Waals surface area contributed by atoms with Crippen LogP contribution in [0.5, 0.6) is 0 Å². The van der Waals surface area contributed by atoms with Crippen molar-refractivity contribution in [2.75, 3.05) is 19.6 Å². The van der Waals surface area contributed by atoms with Crippen LogP contribution in [0.4, 0.5) is 0 Å². The Labute approximate surface area is 167 Å². The predicted molar refractivity (Wildman–Crippen MR) is 109 cm³/mol. The van der Waals surface area contributed by atoms with Crippen molar-refractivity contribution in [1.29, 1.82) is 0 Å². The highest BCUT2D eigenvalue weighted by molar-refractivity contribution is 5.92. The number of β-amino-alcohol motifs (C(OH)–C–C–N with tert-alkyl or cyclic N) is 1. The van der Waals surface area contributed by atoms with Crippen molar-refractivity contribution in [2.24, 2.45) is 0 Å². The third kappa shape index (κ3) is 5.14. The molecule has 0 bridgehead atoms. The van der Waals surface area contributed by atoms with E-state index in [4.69, 9.17) is 0 Å². The molecule has 6 heteroatoms. The summed E-state index contributed by atoms with van der Waals surface area (Å²) < 4.78 is 0. The number of hydrogen-bond donors (Lipinski definition) is 2. The van der Waals surface area contributed by atoms with Gasteiger partial charge < -0.3 is 10.4 Å². The van der Waals surface area contributed by atoms with E-state index in [0.29, 0.717) is 18.1 Å². The fourth-order valence-electron chi connectivity index (χ4n) is 3.39. The minimum absolute atomic E-state index is 0.199. The molecule has 0 saturated carbocycles. The number of aryl methyl sites for hydroxylation is 1. The lowest BCUT2D eigenvalue weighted by molar-refractivity contribution is 0.0837. The van der Waals surface area contributed by atoms with Crippen molar-refractivity contribution in [3.05, 3.63) is 58.7 Å². The maximum Gasteiger partial charge on any atom is 0.270 e. The Kier molecular flexibility index (Phi) is 6.10. The fourth-order valence-corrected chi connectivity index (χ4v) is 3.39. The molecule has 2 N–H and O–H groups in total. The van der Waals surface area contributed by atoms with Crippen LogP contribution in [-0.4, -0.2) is 51.6 Å². The normalized spacial score (nSPS) is 15.8. The van der Waals surface area contributed by atoms with Gasteiger partial charge in [0.1, 0.15) is 11.5 Å². The number of benzene rings is 1. The van der Waals surface area contributed by atoms with Gasteiger partial charge >= 0.3 is 0 Å². The summed E-state index contributed by atoms with van der Waals surface area (Å²) in [6.07, 6.45) is 0.365. The number of nitrogens with one attached hydrogen (secondary N) is 1. The average molecular weight is 383 g/mol. The lowest BCUT2D eigenvalue weighted by Crippen LogP contribution is -2.42. The third-order valence-corrected chi connectivity index (χ3v) is 4.93. The Balaban J connectivity index is 1.54. The molecule has 0 saturated heterocycles. The number of fused-ring (bicyclic) bond motifs is 1. The first-order chi connectivity index (χ1) is 13.2. The van der Waals surface area contributed by atoms with Crippen molar-refractivity contribution in [3.63, 3.8) is 0 Å². The second kappa shape index (κ2) is 8.37. The van der Waals surface area contributed by atoms with Crippen LogP contribution in [0.2, 0.25) is 0 Å². The van der Waals surface area contributed by atoms with Crippen molar-refractivity contribution in [3.8, 4) is 0 Å². The molecule has 2 heterocycles. The van der Waals surface area contributed by atoms with Crippen LogP contribution in [0.15, 0.2) is 30.3 Å². The standard InChI is InChI=1S/C22H30N4O2/c1-15-11-19(25-21(24-15)22(2,3)4)20(28)23-12-18(27)14-26-10-9-16-7-5-6-8-17(16)13-26/h5-8,11,18,27H,9-10,12-14H2,1-4H3,(H,23,28). The molecule has 1 aliphatic rings. The first-order valence-electron chi connectivity index (χ1n) is 9.84. The molecule has 0 radical (unpaired) electrons. The van der Waals surface area contributed by atoms with Crippen molar-refractivity contribution < 1.29 is 9.90 Å². The molecule has 150 valence electrons. The lowest BCUT2D eigenvalue weighted by Gasteiger charge is -2.30. The highest BCUT2D eigenvalue weighted by Crippen LogP contribution is 2.19. The largest absolute Gasteiger partial charge is 0.390 e. The number of amides is 1. The first-order valence-corrected chi connectivity index (χ1v) is 9.84. The summed E-state index contributed by atoms with van der Waals surface area (Å²) >= 11 is 0. The number of aliphatic hydroxyl groups is 1. The summed E-state index contributed by atoms with van der Waals surface area (Å²) in [6.45, 7) is 10.4. The van der Waals surface area contributed by atoms with Gasteiger partial charge in [0, 0.05) is 37.3 Å². The van der Waals surface area contributed by atoms with Crippen LogP contribution in [0, 0.1) is 6.92 Å². The predicted octanol–water partition coefficient (Wildman–Crippen LogP) is 2.23. The zero-order chi connectivity index (χ0) is 20.3. The van der Waals surface area contributed by atoms with E-state index in [1.165, 1.54) is 11.1 Å². The molecule has 1 aromatic carbocycles. The number of nitrogens with zero attached hydrogens (tertiary/aromatic N) is 3. The van der Waals surface area contributed by atoms with Gasteiger partial charge in [-0.15, -0.1) is 0 Å². The average Bonchev–Trinajstić information content (AvgIpc) is 2.65. The molecular formula is C22H30N4O2. The van der Waals surface area contributed by atoms with Crippen LogP contribution < -0.4 is 5.32 Å². The molecular weight excluding hydrogens is 352 g/mol. The van der Waals surface area contributed by atoms with Crippen LogP contribution in [-0.2, 0) is 18.4 Å². The van der Waals surface area contributed by atoms with Crippen molar-refractivity contribution in [2.45, 2.75) is 52.2 Å². The second-order valence-electron chi connectivity index (χ2n) is 8.59. The van der Waals surface area contributed by atoms with Crippen molar-refractivity contribution in [1.82, 2.24) is 20.2 Å². The Morgan fingerprint density at radius 1 is 1.25 bits per heavy atom. The quantitative estimate of drug-likeness (QED) is 0.829. The molecule has 3 rings (SSSR count). The van der Waals surface area contributed by atoms with Crippen LogP contribution >= 0.6 is 0 Å². The monoisotopic (exact) mass is 382 g/mol. The summed E-state index contributed by atoms with van der Waals surface area (Å²) in [5, 5.41) is 13.2. The summed E-state index contributed by atoms with van der Waals surface area (Å²) in [7, 11) is 0. The zero-order valence-electron chi connectivity index (χ0n) is 17.2. The Bertz CT molecular complexity index is 845. The molecule has 2 aromatic rings. The lowest BCUT2D eigenvalue weighted by atomic mass is 9.95. The molecule has 0 aliphatic carbocycles. The Hall–Kier alpha value is -2.31. The molecule has 0 spiro atoms. The molecule has 0 fully saturated rings. The molecule has 28 heavy (non-hydrogen) atoms. The molecule has 1 atom stereocenters. The van der Waals surface area contributed by atoms with Gasteiger partial charge in [0.25, 0.3) is 5.91 Å². The molecule has 1 unspecified atom stereocenters. The van der Waals surface area contributed by atoms with Gasteiger partial charge in [0.15, 0.2) is 0 Å². The summed E-state index contributed by atoms with van der Waals surface area (Å²) in [6, 6.07) is 10.1. The van der Waals surface area contributed by atoms with Gasteiger partial charge in [-0.3, -0.25) is 9.69 Å². The SMILES string of the molecule is Cc1cc(C(=O)NCC(O)CN2CCc3ccccc3C2)nc(C(C)(C)C)n1. The molecule has 1 amide bonds. The number of carbonyl (C=O) groups excluding carboxylic acids is 1. The number of carbonyl (C=O) groups is 1. The molecule has 1 aliphatic heterocycles. The van der Waals surface area contributed by atoms with E-state index in [1.54, 1.807) is 6.07 Å². The van der Waals surface area contributed by atoms with Crippen molar-refractivity contribution >= 4 is 5.91 Å². The maximum atomic E-state index is 12.5. The van der Waals surface area contributed by atoms with Crippen LogP contribution in [0.25, 0.3) is 0 Å². The van der Waals surface area contributed by atoms with Gasteiger partial charge in [-0.25, -0.2) is 9.97 Å². The summed E-state index contributed by atoms with van der Waals surface area (Å²) in [4.78, 5) is 23.6. The third-order valence-electron chi connectivity index (χ3n) is 4.93. The number of aromatic nitrogens is 2. The first kappa shape index (κ1) is 20.4. The number of aliphatic hydroxyl groups excluding tert-OH is 1. The summed E-state index contributed by atoms with van der Waals surface area (Å²) in [5.74, 6) is 0.365. The minimum Gasteiger partial charge on any atom is -0.390 e. The van der Waals surface area contributed by atoms with Crippen LogP contribution in [0.1, 0.15) is 53.9 Å². The van der Waals surface area contributed by atoms with E-state index >= 15 is 0 Å². The minimum atomic E-state index is -0.626. The highest BCUT2D eigenvalue weighted by Gasteiger charge is 2.22. The van der Waals surface area contributed by atoms with Crippen LogP contribution in [0.3, 0.4) is 0 Å². The topological polar surface area (TPSA) is 78.4 Å². The van der Waals surface area contributed by atoms with Gasteiger partial charge in [-0.05, 0) is 30.5 Å². The Morgan fingerprint density at radius 2 is 1.96 bits per heavy atom. The van der Waals surface area contributed by atoms with Gasteiger partial charge in [0.05, 0.1) is 6.10 Å². The van der Waals surface area contributed by atoms with E-state index < -0.39 is 6.10 Å². The highest BCUT2D eigenvalue weighted by atomic mass is 16.3. The van der Waals surface area contributed by atoms with Gasteiger partial charge in [-0.1, -0.05) is 45.0 Å². The smallest absolute Gasteiger partial charge is 0.270 e.